The quantitative estimate of drug-likeness (QED) is 0.870. The molecule has 2 aliphatic rings. The number of ether oxygens (including phenoxy) is 2. The van der Waals surface area contributed by atoms with Crippen LogP contribution in [0.3, 0.4) is 0 Å². The van der Waals surface area contributed by atoms with Crippen LogP contribution in [0.4, 0.5) is 0 Å². The minimum absolute atomic E-state index is 0.0595. The Hall–Kier alpha value is -1.39. The summed E-state index contributed by atoms with van der Waals surface area (Å²) in [7, 11) is 0. The van der Waals surface area contributed by atoms with Crippen LogP contribution in [0.15, 0.2) is 30.3 Å². The molecule has 132 valence electrons. The van der Waals surface area contributed by atoms with Crippen molar-refractivity contribution in [3.05, 3.63) is 35.9 Å². The largest absolute Gasteiger partial charge is 0.381 e. The smallest absolute Gasteiger partial charge is 0.223 e. The van der Waals surface area contributed by atoms with Crippen molar-refractivity contribution in [3.8, 4) is 0 Å². The molecule has 0 unspecified atom stereocenters. The van der Waals surface area contributed by atoms with Crippen LogP contribution in [0.25, 0.3) is 0 Å². The van der Waals surface area contributed by atoms with Gasteiger partial charge in [-0.2, -0.15) is 0 Å². The SMILES string of the molecule is C[C@H](C(=O)N[C@H]1CCC[C@H]1OCc1ccccc1)C1CCOCC1. The minimum Gasteiger partial charge on any atom is -0.381 e. The number of benzene rings is 1. The fourth-order valence-electron chi connectivity index (χ4n) is 3.81. The molecule has 1 aliphatic carbocycles. The van der Waals surface area contributed by atoms with Crippen molar-refractivity contribution in [1.82, 2.24) is 5.32 Å². The summed E-state index contributed by atoms with van der Waals surface area (Å²) in [6.07, 6.45) is 5.29. The molecule has 3 atom stereocenters. The average molecular weight is 331 g/mol. The van der Waals surface area contributed by atoms with Gasteiger partial charge >= 0.3 is 0 Å². The Bertz CT molecular complexity index is 513. The molecular weight excluding hydrogens is 302 g/mol. The lowest BCUT2D eigenvalue weighted by molar-refractivity contribution is -0.129. The Balaban J connectivity index is 1.48. The van der Waals surface area contributed by atoms with Crippen LogP contribution < -0.4 is 5.32 Å². The zero-order valence-corrected chi connectivity index (χ0v) is 14.6. The third-order valence-electron chi connectivity index (χ3n) is 5.47. The lowest BCUT2D eigenvalue weighted by atomic mass is 9.86. The molecule has 1 aromatic carbocycles. The topological polar surface area (TPSA) is 47.6 Å². The predicted octanol–water partition coefficient (Wildman–Crippen LogP) is 3.30. The zero-order chi connectivity index (χ0) is 16.8. The summed E-state index contributed by atoms with van der Waals surface area (Å²) in [5.74, 6) is 0.690. The fraction of sp³-hybridized carbons (Fsp3) is 0.650. The Morgan fingerprint density at radius 1 is 1.21 bits per heavy atom. The van der Waals surface area contributed by atoms with Crippen molar-refractivity contribution >= 4 is 5.91 Å². The summed E-state index contributed by atoms with van der Waals surface area (Å²) in [5.41, 5.74) is 1.19. The summed E-state index contributed by atoms with van der Waals surface area (Å²) in [6, 6.07) is 10.4. The van der Waals surface area contributed by atoms with Crippen LogP contribution in [-0.4, -0.2) is 31.3 Å². The monoisotopic (exact) mass is 331 g/mol. The Morgan fingerprint density at radius 3 is 2.71 bits per heavy atom. The molecule has 3 rings (SSSR count). The van der Waals surface area contributed by atoms with Gasteiger partial charge in [0.1, 0.15) is 0 Å². The summed E-state index contributed by atoms with van der Waals surface area (Å²) in [5, 5.41) is 3.26. The van der Waals surface area contributed by atoms with Crippen LogP contribution in [0, 0.1) is 11.8 Å². The summed E-state index contributed by atoms with van der Waals surface area (Å²) < 4.78 is 11.5. The maximum absolute atomic E-state index is 12.6. The van der Waals surface area contributed by atoms with Crippen LogP contribution in [0.5, 0.6) is 0 Å². The lowest BCUT2D eigenvalue weighted by Gasteiger charge is -2.29. The highest BCUT2D eigenvalue weighted by Crippen LogP contribution is 2.27. The molecule has 1 aliphatic heterocycles. The van der Waals surface area contributed by atoms with Crippen molar-refractivity contribution in [2.45, 2.75) is 57.8 Å². The molecular formula is C20H29NO3. The Morgan fingerprint density at radius 2 is 1.96 bits per heavy atom. The number of carbonyl (C=O) groups excluding carboxylic acids is 1. The van der Waals surface area contributed by atoms with E-state index in [1.165, 1.54) is 5.56 Å². The lowest BCUT2D eigenvalue weighted by Crippen LogP contribution is -2.45. The molecule has 4 heteroatoms. The van der Waals surface area contributed by atoms with Gasteiger partial charge in [-0.3, -0.25) is 4.79 Å². The molecule has 0 radical (unpaired) electrons. The van der Waals surface area contributed by atoms with E-state index in [9.17, 15) is 4.79 Å². The number of amides is 1. The molecule has 1 aromatic rings. The Kier molecular flexibility index (Phi) is 6.27. The van der Waals surface area contributed by atoms with Gasteiger partial charge < -0.3 is 14.8 Å². The fourth-order valence-corrected chi connectivity index (χ4v) is 3.81. The maximum Gasteiger partial charge on any atom is 0.223 e. The second-order valence-electron chi connectivity index (χ2n) is 7.12. The first kappa shape index (κ1) is 17.4. The van der Waals surface area contributed by atoms with Crippen molar-refractivity contribution < 1.29 is 14.3 Å². The van der Waals surface area contributed by atoms with E-state index < -0.39 is 0 Å². The van der Waals surface area contributed by atoms with Gasteiger partial charge in [-0.25, -0.2) is 0 Å². The van der Waals surface area contributed by atoms with Gasteiger partial charge in [0.2, 0.25) is 5.91 Å². The molecule has 24 heavy (non-hydrogen) atoms. The molecule has 0 spiro atoms. The van der Waals surface area contributed by atoms with Crippen LogP contribution in [-0.2, 0) is 20.9 Å². The standard InChI is InChI=1S/C20H29NO3/c1-15(17-10-12-23-13-11-17)20(22)21-18-8-5-9-19(18)24-14-16-6-3-2-4-7-16/h2-4,6-7,15,17-19H,5,8-14H2,1H3,(H,21,22)/t15-,18-,19+/m0/s1. The number of carbonyl (C=O) groups is 1. The highest BCUT2D eigenvalue weighted by atomic mass is 16.5. The third kappa shape index (κ3) is 4.58. The first-order valence-electron chi connectivity index (χ1n) is 9.27. The van der Waals surface area contributed by atoms with Crippen LogP contribution >= 0.6 is 0 Å². The van der Waals surface area contributed by atoms with Gasteiger partial charge in [-0.15, -0.1) is 0 Å². The number of rotatable bonds is 6. The summed E-state index contributed by atoms with van der Waals surface area (Å²) in [6.45, 7) is 4.25. The second kappa shape index (κ2) is 8.63. The van der Waals surface area contributed by atoms with Gasteiger partial charge in [0, 0.05) is 19.1 Å². The van der Waals surface area contributed by atoms with Crippen molar-refractivity contribution in [2.24, 2.45) is 11.8 Å². The maximum atomic E-state index is 12.6. The minimum atomic E-state index is 0.0595. The summed E-state index contributed by atoms with van der Waals surface area (Å²) >= 11 is 0. The van der Waals surface area contributed by atoms with Gasteiger partial charge in [-0.05, 0) is 43.6 Å². The molecule has 1 heterocycles. The molecule has 1 saturated heterocycles. The van der Waals surface area contributed by atoms with Gasteiger partial charge in [-0.1, -0.05) is 37.3 Å². The average Bonchev–Trinajstić information content (AvgIpc) is 3.08. The van der Waals surface area contributed by atoms with Crippen molar-refractivity contribution in [2.75, 3.05) is 13.2 Å². The van der Waals surface area contributed by atoms with E-state index in [2.05, 4.69) is 24.4 Å². The van der Waals surface area contributed by atoms with Gasteiger partial charge in [0.25, 0.3) is 0 Å². The number of nitrogens with one attached hydrogen (secondary N) is 1. The van der Waals surface area contributed by atoms with Gasteiger partial charge in [0.05, 0.1) is 18.8 Å². The Labute approximate surface area is 144 Å². The van der Waals surface area contributed by atoms with Crippen molar-refractivity contribution in [3.63, 3.8) is 0 Å². The van der Waals surface area contributed by atoms with Crippen molar-refractivity contribution in [1.29, 1.82) is 0 Å². The van der Waals surface area contributed by atoms with Crippen LogP contribution in [0.2, 0.25) is 0 Å². The molecule has 0 aromatic heterocycles. The molecule has 1 N–H and O–H groups in total. The zero-order valence-electron chi connectivity index (χ0n) is 14.6. The first-order valence-corrected chi connectivity index (χ1v) is 9.27. The molecule has 0 bridgehead atoms. The van der Waals surface area contributed by atoms with E-state index in [1.54, 1.807) is 0 Å². The first-order chi connectivity index (χ1) is 11.7. The molecule has 1 saturated carbocycles. The highest BCUT2D eigenvalue weighted by Gasteiger charge is 2.32. The van der Waals surface area contributed by atoms with Gasteiger partial charge in [0.15, 0.2) is 0 Å². The van der Waals surface area contributed by atoms with E-state index in [1.807, 2.05) is 18.2 Å². The highest BCUT2D eigenvalue weighted by molar-refractivity contribution is 5.79. The second-order valence-corrected chi connectivity index (χ2v) is 7.12. The van der Waals surface area contributed by atoms with E-state index in [0.717, 1.165) is 45.3 Å². The normalized spacial score (nSPS) is 26.2. The molecule has 1 amide bonds. The number of hydrogen-bond donors (Lipinski definition) is 1. The van der Waals surface area contributed by atoms with E-state index >= 15 is 0 Å². The third-order valence-corrected chi connectivity index (χ3v) is 5.47. The van der Waals surface area contributed by atoms with E-state index in [4.69, 9.17) is 9.47 Å². The summed E-state index contributed by atoms with van der Waals surface area (Å²) in [4.78, 5) is 12.6. The predicted molar refractivity (Wildman–Crippen MR) is 93.5 cm³/mol. The molecule has 2 fully saturated rings. The van der Waals surface area contributed by atoms with Crippen LogP contribution in [0.1, 0.15) is 44.6 Å². The van der Waals surface area contributed by atoms with E-state index in [-0.39, 0.29) is 24.0 Å². The molecule has 4 nitrogen and oxygen atoms in total. The van der Waals surface area contributed by atoms with E-state index in [0.29, 0.717) is 12.5 Å². The number of hydrogen-bond acceptors (Lipinski definition) is 3.